The zero-order valence-electron chi connectivity index (χ0n) is 7.06. The van der Waals surface area contributed by atoms with Crippen molar-refractivity contribution >= 4 is 29.0 Å². The van der Waals surface area contributed by atoms with Gasteiger partial charge >= 0.3 is 0 Å². The number of aromatic nitrogens is 1. The van der Waals surface area contributed by atoms with E-state index < -0.39 is 0 Å². The molecule has 1 rings (SSSR count). The minimum atomic E-state index is 0.405. The van der Waals surface area contributed by atoms with Crippen molar-refractivity contribution < 1.29 is 0 Å². The number of rotatable bonds is 4. The second kappa shape index (κ2) is 4.99. The number of nitrogens with two attached hydrogens (primary N) is 1. The molecule has 0 saturated heterocycles. The molecule has 68 valence electrons. The van der Waals surface area contributed by atoms with Crippen LogP contribution in [0.25, 0.3) is 0 Å². The SMILES string of the molecule is C=CCSc1cc(C(N)=S)ccn1. The summed E-state index contributed by atoms with van der Waals surface area (Å²) in [4.78, 5) is 4.56. The minimum absolute atomic E-state index is 0.405. The molecule has 0 fully saturated rings. The van der Waals surface area contributed by atoms with Crippen molar-refractivity contribution in [1.82, 2.24) is 4.98 Å². The molecule has 0 aliphatic rings. The summed E-state index contributed by atoms with van der Waals surface area (Å²) >= 11 is 6.46. The molecule has 0 spiro atoms. The van der Waals surface area contributed by atoms with Gasteiger partial charge in [0.05, 0.1) is 5.03 Å². The van der Waals surface area contributed by atoms with Gasteiger partial charge in [0, 0.05) is 17.5 Å². The van der Waals surface area contributed by atoms with E-state index in [0.29, 0.717) is 4.99 Å². The van der Waals surface area contributed by atoms with Crippen LogP contribution in [0.2, 0.25) is 0 Å². The van der Waals surface area contributed by atoms with Gasteiger partial charge in [-0.15, -0.1) is 18.3 Å². The van der Waals surface area contributed by atoms with E-state index in [1.165, 1.54) is 0 Å². The lowest BCUT2D eigenvalue weighted by Gasteiger charge is -2.00. The zero-order chi connectivity index (χ0) is 9.68. The lowest BCUT2D eigenvalue weighted by Crippen LogP contribution is -2.09. The van der Waals surface area contributed by atoms with Crippen LogP contribution in [0.15, 0.2) is 36.0 Å². The summed E-state index contributed by atoms with van der Waals surface area (Å²) in [6.45, 7) is 3.63. The Labute approximate surface area is 87.2 Å². The third kappa shape index (κ3) is 3.16. The Morgan fingerprint density at radius 2 is 2.54 bits per heavy atom. The summed E-state index contributed by atoms with van der Waals surface area (Å²) < 4.78 is 0. The monoisotopic (exact) mass is 210 g/mol. The van der Waals surface area contributed by atoms with E-state index in [1.807, 2.05) is 12.1 Å². The maximum atomic E-state index is 5.49. The average Bonchev–Trinajstić information content (AvgIpc) is 2.15. The maximum absolute atomic E-state index is 5.49. The fourth-order valence-electron chi connectivity index (χ4n) is 0.786. The van der Waals surface area contributed by atoms with Gasteiger partial charge in [0.15, 0.2) is 0 Å². The first-order valence-electron chi connectivity index (χ1n) is 3.73. The Morgan fingerprint density at radius 1 is 1.77 bits per heavy atom. The molecule has 0 aromatic carbocycles. The molecule has 2 nitrogen and oxygen atoms in total. The summed E-state index contributed by atoms with van der Waals surface area (Å²) in [6.07, 6.45) is 3.54. The summed E-state index contributed by atoms with van der Waals surface area (Å²) in [6, 6.07) is 3.69. The Bertz CT molecular complexity index is 323. The third-order valence-corrected chi connectivity index (χ3v) is 2.53. The van der Waals surface area contributed by atoms with Crippen LogP contribution in [0.3, 0.4) is 0 Å². The topological polar surface area (TPSA) is 38.9 Å². The van der Waals surface area contributed by atoms with Crippen molar-refractivity contribution in [3.8, 4) is 0 Å². The van der Waals surface area contributed by atoms with Crippen LogP contribution < -0.4 is 5.73 Å². The average molecular weight is 210 g/mol. The zero-order valence-corrected chi connectivity index (χ0v) is 8.70. The lowest BCUT2D eigenvalue weighted by atomic mass is 10.3. The predicted octanol–water partition coefficient (Wildman–Crippen LogP) is 1.99. The van der Waals surface area contributed by atoms with Crippen molar-refractivity contribution in [2.75, 3.05) is 5.75 Å². The number of nitrogens with zero attached hydrogens (tertiary/aromatic N) is 1. The van der Waals surface area contributed by atoms with Crippen molar-refractivity contribution in [3.63, 3.8) is 0 Å². The molecule has 0 radical (unpaired) electrons. The number of thiocarbonyl (C=S) groups is 1. The van der Waals surface area contributed by atoms with Gasteiger partial charge in [-0.25, -0.2) is 4.98 Å². The van der Waals surface area contributed by atoms with E-state index >= 15 is 0 Å². The van der Waals surface area contributed by atoms with Crippen LogP contribution in [-0.2, 0) is 0 Å². The van der Waals surface area contributed by atoms with Gasteiger partial charge in [-0.2, -0.15) is 0 Å². The largest absolute Gasteiger partial charge is 0.389 e. The quantitative estimate of drug-likeness (QED) is 0.468. The van der Waals surface area contributed by atoms with E-state index in [0.717, 1.165) is 16.3 Å². The maximum Gasteiger partial charge on any atom is 0.104 e. The Balaban J connectivity index is 2.79. The van der Waals surface area contributed by atoms with Gasteiger partial charge in [0.1, 0.15) is 4.99 Å². The van der Waals surface area contributed by atoms with Gasteiger partial charge < -0.3 is 5.73 Å². The molecule has 0 aliphatic heterocycles. The van der Waals surface area contributed by atoms with Crippen molar-refractivity contribution in [1.29, 1.82) is 0 Å². The van der Waals surface area contributed by atoms with Gasteiger partial charge in [0.2, 0.25) is 0 Å². The summed E-state index contributed by atoms with van der Waals surface area (Å²) in [7, 11) is 0. The third-order valence-electron chi connectivity index (χ3n) is 1.37. The predicted molar refractivity (Wildman–Crippen MR) is 61.0 cm³/mol. The van der Waals surface area contributed by atoms with Crippen LogP contribution in [0.1, 0.15) is 5.56 Å². The van der Waals surface area contributed by atoms with E-state index in [-0.39, 0.29) is 0 Å². The van der Waals surface area contributed by atoms with E-state index in [9.17, 15) is 0 Å². The normalized spacial score (nSPS) is 9.54. The first kappa shape index (κ1) is 10.2. The fourth-order valence-corrected chi connectivity index (χ4v) is 1.55. The summed E-state index contributed by atoms with van der Waals surface area (Å²) in [5.74, 6) is 0.841. The minimum Gasteiger partial charge on any atom is -0.389 e. The second-order valence-corrected chi connectivity index (χ2v) is 3.83. The van der Waals surface area contributed by atoms with Crippen LogP contribution in [0, 0.1) is 0 Å². The molecule has 13 heavy (non-hydrogen) atoms. The molecule has 0 amide bonds. The molecule has 2 N–H and O–H groups in total. The second-order valence-electron chi connectivity index (χ2n) is 2.35. The van der Waals surface area contributed by atoms with E-state index in [4.69, 9.17) is 18.0 Å². The Hall–Kier alpha value is -0.870. The van der Waals surface area contributed by atoms with Crippen LogP contribution in [0.4, 0.5) is 0 Å². The van der Waals surface area contributed by atoms with Gasteiger partial charge in [0.25, 0.3) is 0 Å². The van der Waals surface area contributed by atoms with E-state index in [1.54, 1.807) is 24.0 Å². The fraction of sp³-hybridized carbons (Fsp3) is 0.111. The smallest absolute Gasteiger partial charge is 0.104 e. The highest BCUT2D eigenvalue weighted by Crippen LogP contribution is 2.15. The van der Waals surface area contributed by atoms with Crippen molar-refractivity contribution in [3.05, 3.63) is 36.5 Å². The highest BCUT2D eigenvalue weighted by atomic mass is 32.2. The molecule has 0 unspecified atom stereocenters. The van der Waals surface area contributed by atoms with Crippen molar-refractivity contribution in [2.24, 2.45) is 5.73 Å². The highest BCUT2D eigenvalue weighted by Gasteiger charge is 1.98. The van der Waals surface area contributed by atoms with Crippen LogP contribution in [0.5, 0.6) is 0 Å². The van der Waals surface area contributed by atoms with Crippen molar-refractivity contribution in [2.45, 2.75) is 5.03 Å². The highest BCUT2D eigenvalue weighted by molar-refractivity contribution is 7.99. The molecule has 0 bridgehead atoms. The molecular weight excluding hydrogens is 200 g/mol. The molecule has 0 saturated carbocycles. The molecular formula is C9H10N2S2. The molecule has 0 aliphatic carbocycles. The summed E-state index contributed by atoms with van der Waals surface area (Å²) in [5.41, 5.74) is 6.34. The molecule has 1 aromatic rings. The molecule has 1 aromatic heterocycles. The first-order valence-corrected chi connectivity index (χ1v) is 5.13. The summed E-state index contributed by atoms with van der Waals surface area (Å²) in [5, 5.41) is 0.921. The number of hydrogen-bond donors (Lipinski definition) is 1. The lowest BCUT2D eigenvalue weighted by molar-refractivity contribution is 1.13. The number of hydrogen-bond acceptors (Lipinski definition) is 3. The Morgan fingerprint density at radius 3 is 3.15 bits per heavy atom. The molecule has 4 heteroatoms. The van der Waals surface area contributed by atoms with Gasteiger partial charge in [-0.1, -0.05) is 18.3 Å². The molecule has 1 heterocycles. The number of thioether (sulfide) groups is 1. The van der Waals surface area contributed by atoms with Gasteiger partial charge in [-0.3, -0.25) is 0 Å². The standard InChI is InChI=1S/C9H10N2S2/c1-2-5-13-8-6-7(9(10)12)3-4-11-8/h2-4,6H,1,5H2,(H2,10,12). The van der Waals surface area contributed by atoms with Crippen LogP contribution >= 0.6 is 24.0 Å². The number of pyridine rings is 1. The van der Waals surface area contributed by atoms with Crippen LogP contribution in [-0.4, -0.2) is 15.7 Å². The van der Waals surface area contributed by atoms with Gasteiger partial charge in [-0.05, 0) is 12.1 Å². The first-order chi connectivity index (χ1) is 6.24. The Kier molecular flexibility index (Phi) is 3.92. The van der Waals surface area contributed by atoms with E-state index in [2.05, 4.69) is 11.6 Å². The molecule has 0 atom stereocenters.